The molecule has 34 heavy (non-hydrogen) atoms. The summed E-state index contributed by atoms with van der Waals surface area (Å²) in [4.78, 5) is 25.8. The van der Waals surface area contributed by atoms with Gasteiger partial charge < -0.3 is 14.0 Å². The summed E-state index contributed by atoms with van der Waals surface area (Å²) in [5, 5.41) is 0.198. The third-order valence-corrected chi connectivity index (χ3v) is 7.51. The van der Waals surface area contributed by atoms with E-state index >= 15 is 0 Å². The Bertz CT molecular complexity index is 1240. The molecule has 0 aliphatic carbocycles. The minimum Gasteiger partial charge on any atom is -0.489 e. The van der Waals surface area contributed by atoms with Crippen LogP contribution in [0.4, 0.5) is 0 Å². The summed E-state index contributed by atoms with van der Waals surface area (Å²) in [5.41, 5.74) is 0.517. The van der Waals surface area contributed by atoms with Gasteiger partial charge in [-0.1, -0.05) is 84.9 Å². The molecular formula is C28H23O5P. The highest BCUT2D eigenvalue weighted by molar-refractivity contribution is 7.98. The number of ether oxygens (including phenoxy) is 2. The average molecular weight is 470 g/mol. The number of hydrogen-bond donors (Lipinski definition) is 0. The van der Waals surface area contributed by atoms with Crippen LogP contribution in [-0.2, 0) is 22.6 Å². The van der Waals surface area contributed by atoms with Gasteiger partial charge in [0.2, 0.25) is 12.7 Å². The van der Waals surface area contributed by atoms with Gasteiger partial charge in [0.1, 0.15) is 24.7 Å². The molecule has 0 fully saturated rings. The third-order valence-electron chi connectivity index (χ3n) is 5.32. The van der Waals surface area contributed by atoms with Gasteiger partial charge in [0.05, 0.1) is 0 Å². The zero-order valence-electron chi connectivity index (χ0n) is 18.4. The Morgan fingerprint density at radius 1 is 0.647 bits per heavy atom. The van der Waals surface area contributed by atoms with Crippen molar-refractivity contribution in [3.63, 3.8) is 0 Å². The summed E-state index contributed by atoms with van der Waals surface area (Å²) in [6.07, 6.45) is 0. The molecule has 1 unspecified atom stereocenters. The molecule has 0 aliphatic heterocycles. The van der Waals surface area contributed by atoms with Crippen molar-refractivity contribution in [2.45, 2.75) is 13.2 Å². The number of carbonyl (C=O) groups is 2. The van der Waals surface area contributed by atoms with Crippen LogP contribution in [0.3, 0.4) is 0 Å². The summed E-state index contributed by atoms with van der Waals surface area (Å²) >= 11 is 0. The smallest absolute Gasteiger partial charge is 0.240 e. The van der Waals surface area contributed by atoms with Crippen LogP contribution < -0.4 is 14.8 Å². The second-order valence-electron chi connectivity index (χ2n) is 7.56. The molecule has 5 nitrogen and oxygen atoms in total. The van der Waals surface area contributed by atoms with Gasteiger partial charge in [0.25, 0.3) is 0 Å². The van der Waals surface area contributed by atoms with Crippen molar-refractivity contribution >= 4 is 24.0 Å². The largest absolute Gasteiger partial charge is 0.489 e. The van der Waals surface area contributed by atoms with Gasteiger partial charge in [0, 0.05) is 22.0 Å². The highest BCUT2D eigenvalue weighted by atomic mass is 31.2. The first-order valence-corrected chi connectivity index (χ1v) is 12.5. The van der Waals surface area contributed by atoms with Crippen LogP contribution in [0.15, 0.2) is 109 Å². The molecule has 0 bridgehead atoms. The van der Waals surface area contributed by atoms with Crippen LogP contribution in [0, 0.1) is 0 Å². The Hall–Kier alpha value is -3.95. The number of rotatable bonds is 10. The summed E-state index contributed by atoms with van der Waals surface area (Å²) in [6.45, 7) is 0.135. The molecule has 0 amide bonds. The summed E-state index contributed by atoms with van der Waals surface area (Å²) in [6, 6.07) is 32.1. The van der Waals surface area contributed by atoms with Crippen LogP contribution >= 0.6 is 7.14 Å². The molecule has 1 atom stereocenters. The average Bonchev–Trinajstić information content (AvgIpc) is 2.91. The Morgan fingerprint density at radius 3 is 1.53 bits per heavy atom. The molecule has 0 saturated carbocycles. The Labute approximate surface area is 198 Å². The fraction of sp³-hybridized carbons (Fsp3) is 0.0714. The van der Waals surface area contributed by atoms with E-state index in [0.717, 1.165) is 0 Å². The highest BCUT2D eigenvalue weighted by Gasteiger charge is 2.37. The van der Waals surface area contributed by atoms with Gasteiger partial charge in [-0.2, -0.15) is 0 Å². The molecule has 0 aromatic heterocycles. The van der Waals surface area contributed by atoms with Crippen LogP contribution in [0.1, 0.15) is 21.5 Å². The van der Waals surface area contributed by atoms with Gasteiger partial charge in [0.15, 0.2) is 6.03 Å². The zero-order valence-corrected chi connectivity index (χ0v) is 19.3. The van der Waals surface area contributed by atoms with E-state index in [0.29, 0.717) is 22.6 Å². The normalized spacial score (nSPS) is 12.4. The van der Waals surface area contributed by atoms with E-state index in [9.17, 15) is 14.2 Å². The first-order chi connectivity index (χ1) is 16.6. The third kappa shape index (κ3) is 5.16. The summed E-state index contributed by atoms with van der Waals surface area (Å²) in [7, 11) is -4.04. The molecule has 4 aromatic rings. The maximum Gasteiger partial charge on any atom is 0.240 e. The Kier molecular flexibility index (Phi) is 7.36. The van der Waals surface area contributed by atoms with E-state index in [4.69, 9.17) is 9.47 Å². The maximum absolute atomic E-state index is 13.8. The number of benzene rings is 4. The lowest BCUT2D eigenvalue weighted by molar-refractivity contribution is 0.107. The molecule has 0 saturated heterocycles. The van der Waals surface area contributed by atoms with Crippen LogP contribution in [0.2, 0.25) is 0 Å². The lowest BCUT2D eigenvalue weighted by Crippen LogP contribution is -2.18. The van der Waals surface area contributed by atoms with E-state index in [1.165, 1.54) is 12.1 Å². The predicted molar refractivity (Wildman–Crippen MR) is 133 cm³/mol. The molecule has 0 aliphatic rings. The van der Waals surface area contributed by atoms with Crippen LogP contribution in [0.25, 0.3) is 0 Å². The molecule has 6 heteroatoms. The highest BCUT2D eigenvalue weighted by Crippen LogP contribution is 2.46. The first kappa shape index (κ1) is 23.2. The lowest BCUT2D eigenvalue weighted by Gasteiger charge is -2.18. The molecule has 4 aromatic carbocycles. The minimum atomic E-state index is -4.04. The van der Waals surface area contributed by atoms with E-state index in [-0.39, 0.29) is 30.1 Å². The number of hydrogen-bond acceptors (Lipinski definition) is 5. The van der Waals surface area contributed by atoms with Crippen molar-refractivity contribution in [1.29, 1.82) is 0 Å². The fourth-order valence-corrected chi connectivity index (χ4v) is 5.25. The fourth-order valence-electron chi connectivity index (χ4n) is 3.57. The SMILES string of the molecule is O=CP(=O)(C(=O)c1c(COc2ccccc2)cccc1COc1ccccc1)c1ccccc1. The van der Waals surface area contributed by atoms with E-state index < -0.39 is 12.7 Å². The number of para-hydroxylation sites is 2. The Balaban J connectivity index is 1.73. The first-order valence-electron chi connectivity index (χ1n) is 10.7. The molecule has 0 N–H and O–H groups in total. The standard InChI is InChI=1S/C28H23O5P/c29-21-34(31,26-17-8-3-9-18-26)28(30)27-22(19-32-24-13-4-1-5-14-24)11-10-12-23(27)20-33-25-15-6-2-7-16-25/h1-18,21H,19-20H2. The van der Waals surface area contributed by atoms with Gasteiger partial charge >= 0.3 is 0 Å². The quantitative estimate of drug-likeness (QED) is 0.214. The van der Waals surface area contributed by atoms with Crippen molar-refractivity contribution < 1.29 is 23.6 Å². The van der Waals surface area contributed by atoms with Crippen molar-refractivity contribution in [2.24, 2.45) is 0 Å². The molecular weight excluding hydrogens is 447 g/mol. The van der Waals surface area contributed by atoms with Crippen molar-refractivity contribution in [1.82, 2.24) is 0 Å². The molecule has 4 rings (SSSR count). The lowest BCUT2D eigenvalue weighted by atomic mass is 10.0. The minimum absolute atomic E-state index is 0.0674. The van der Waals surface area contributed by atoms with Gasteiger partial charge in [-0.25, -0.2) is 0 Å². The van der Waals surface area contributed by atoms with Gasteiger partial charge in [-0.3, -0.25) is 9.59 Å². The Morgan fingerprint density at radius 2 is 1.09 bits per heavy atom. The van der Waals surface area contributed by atoms with Crippen molar-refractivity contribution in [2.75, 3.05) is 0 Å². The maximum atomic E-state index is 13.8. The molecule has 0 radical (unpaired) electrons. The van der Waals surface area contributed by atoms with Crippen molar-refractivity contribution in [3.05, 3.63) is 126 Å². The predicted octanol–water partition coefficient (Wildman–Crippen LogP) is 5.86. The summed E-state index contributed by atoms with van der Waals surface area (Å²) < 4.78 is 25.5. The second-order valence-corrected chi connectivity index (χ2v) is 10.0. The van der Waals surface area contributed by atoms with Crippen molar-refractivity contribution in [3.8, 4) is 11.5 Å². The van der Waals surface area contributed by atoms with Gasteiger partial charge in [-0.15, -0.1) is 0 Å². The molecule has 0 spiro atoms. The van der Waals surface area contributed by atoms with Crippen LogP contribution in [-0.4, -0.2) is 11.6 Å². The van der Waals surface area contributed by atoms with E-state index in [1.54, 1.807) is 36.4 Å². The monoisotopic (exact) mass is 470 g/mol. The van der Waals surface area contributed by atoms with E-state index in [2.05, 4.69) is 0 Å². The molecule has 0 heterocycles. The van der Waals surface area contributed by atoms with Gasteiger partial charge in [-0.05, 0) is 24.3 Å². The van der Waals surface area contributed by atoms with Crippen LogP contribution in [0.5, 0.6) is 11.5 Å². The zero-order chi connectivity index (χ0) is 23.8. The van der Waals surface area contributed by atoms with E-state index in [1.807, 2.05) is 60.7 Å². The summed E-state index contributed by atoms with van der Waals surface area (Å²) in [5.74, 6) is 1.27. The molecule has 170 valence electrons. The topological polar surface area (TPSA) is 69.7 Å². The number of carbonyl (C=O) groups excluding carboxylic acids is 2. The second kappa shape index (κ2) is 10.8.